The fourth-order valence-corrected chi connectivity index (χ4v) is 5.44. The highest BCUT2D eigenvalue weighted by Crippen LogP contribution is 2.29. The summed E-state index contributed by atoms with van der Waals surface area (Å²) in [5.74, 6) is 0.371. The van der Waals surface area contributed by atoms with Gasteiger partial charge < -0.3 is 4.74 Å². The molecular formula is C38H27N3O2. The lowest BCUT2D eigenvalue weighted by Crippen LogP contribution is -2.18. The van der Waals surface area contributed by atoms with Gasteiger partial charge in [-0.2, -0.15) is 5.10 Å². The number of aromatic nitrogens is 1. The standard InChI is InChI=1S/C38H27N3O2/c42-38(33-23-36(28-13-2-1-3-14-28)40-35-20-9-8-19-32(33)35)41-39-24-34-31-18-7-5-12-27(31)21-22-37(34)43-25-29-16-10-15-26-11-4-6-17-30(26)29/h1-24H,25H2,(H,41,42)/b39-24-. The molecule has 0 saturated carbocycles. The molecule has 1 N–H and O–H groups in total. The number of carbonyl (C=O) groups excluding carboxylic acids is 1. The lowest BCUT2D eigenvalue weighted by atomic mass is 10.0. The molecule has 0 fully saturated rings. The molecule has 43 heavy (non-hydrogen) atoms. The number of ether oxygens (including phenoxy) is 1. The summed E-state index contributed by atoms with van der Waals surface area (Å²) in [6.07, 6.45) is 1.67. The van der Waals surface area contributed by atoms with Crippen molar-refractivity contribution in [1.29, 1.82) is 0 Å². The third kappa shape index (κ3) is 5.32. The van der Waals surface area contributed by atoms with Gasteiger partial charge in [-0.15, -0.1) is 0 Å². The highest BCUT2D eigenvalue weighted by atomic mass is 16.5. The van der Waals surface area contributed by atoms with Crippen molar-refractivity contribution in [3.05, 3.63) is 156 Å². The van der Waals surface area contributed by atoms with Crippen LogP contribution in [0.25, 0.3) is 43.7 Å². The van der Waals surface area contributed by atoms with Crippen LogP contribution in [0.2, 0.25) is 0 Å². The Morgan fingerprint density at radius 3 is 2.21 bits per heavy atom. The molecule has 1 aromatic heterocycles. The molecule has 0 aliphatic heterocycles. The van der Waals surface area contributed by atoms with Crippen molar-refractivity contribution in [3.63, 3.8) is 0 Å². The first-order valence-electron chi connectivity index (χ1n) is 14.1. The largest absolute Gasteiger partial charge is 0.488 e. The van der Waals surface area contributed by atoms with Gasteiger partial charge in [-0.05, 0) is 45.3 Å². The van der Waals surface area contributed by atoms with E-state index in [1.165, 1.54) is 5.39 Å². The van der Waals surface area contributed by atoms with Gasteiger partial charge in [0.2, 0.25) is 0 Å². The number of hydrogen-bond acceptors (Lipinski definition) is 4. The molecule has 0 bridgehead atoms. The van der Waals surface area contributed by atoms with E-state index < -0.39 is 0 Å². The van der Waals surface area contributed by atoms with Crippen LogP contribution >= 0.6 is 0 Å². The molecule has 0 radical (unpaired) electrons. The maximum Gasteiger partial charge on any atom is 0.272 e. The molecule has 0 spiro atoms. The van der Waals surface area contributed by atoms with Gasteiger partial charge in [0.15, 0.2) is 0 Å². The van der Waals surface area contributed by atoms with Gasteiger partial charge in [-0.3, -0.25) is 4.79 Å². The predicted octanol–water partition coefficient (Wildman–Crippen LogP) is 8.55. The van der Waals surface area contributed by atoms with Gasteiger partial charge in [0.1, 0.15) is 12.4 Å². The van der Waals surface area contributed by atoms with Crippen molar-refractivity contribution in [2.45, 2.75) is 6.61 Å². The quantitative estimate of drug-likeness (QED) is 0.158. The van der Waals surface area contributed by atoms with Crippen LogP contribution in [0.1, 0.15) is 21.5 Å². The number of nitrogens with one attached hydrogen (secondary N) is 1. The van der Waals surface area contributed by atoms with Crippen molar-refractivity contribution in [3.8, 4) is 17.0 Å². The minimum absolute atomic E-state index is 0.314. The molecule has 0 aliphatic carbocycles. The minimum atomic E-state index is -0.314. The third-order valence-corrected chi connectivity index (χ3v) is 7.58. The number of nitrogens with zero attached hydrogens (tertiary/aromatic N) is 2. The summed E-state index contributed by atoms with van der Waals surface area (Å²) in [5, 5.41) is 9.55. The molecule has 0 saturated heterocycles. The number of hydrazone groups is 1. The summed E-state index contributed by atoms with van der Waals surface area (Å²) in [4.78, 5) is 18.3. The smallest absolute Gasteiger partial charge is 0.272 e. The van der Waals surface area contributed by atoms with Crippen LogP contribution in [0, 0.1) is 0 Å². The number of benzene rings is 6. The summed E-state index contributed by atoms with van der Waals surface area (Å²) < 4.78 is 6.39. The van der Waals surface area contributed by atoms with E-state index in [4.69, 9.17) is 9.72 Å². The molecule has 5 heteroatoms. The van der Waals surface area contributed by atoms with Crippen LogP contribution in [0.3, 0.4) is 0 Å². The number of carbonyl (C=O) groups is 1. The van der Waals surface area contributed by atoms with E-state index in [1.807, 2.05) is 115 Å². The second kappa shape index (κ2) is 11.6. The lowest BCUT2D eigenvalue weighted by molar-refractivity contribution is 0.0956. The monoisotopic (exact) mass is 557 g/mol. The number of hydrogen-bond donors (Lipinski definition) is 1. The molecule has 1 amide bonds. The Hall–Kier alpha value is -5.81. The summed E-state index contributed by atoms with van der Waals surface area (Å²) in [6, 6.07) is 45.9. The van der Waals surface area contributed by atoms with Gasteiger partial charge in [0.25, 0.3) is 5.91 Å². The van der Waals surface area contributed by atoms with E-state index in [0.29, 0.717) is 17.9 Å². The van der Waals surface area contributed by atoms with Crippen LogP contribution in [0.5, 0.6) is 5.75 Å². The molecule has 0 unspecified atom stereocenters. The SMILES string of the molecule is O=C(N/N=C\c1c(OCc2cccc3ccccc23)ccc2ccccc12)c1cc(-c2ccccc2)nc2ccccc12. The molecular weight excluding hydrogens is 530 g/mol. The van der Waals surface area contributed by atoms with E-state index in [1.54, 1.807) is 6.21 Å². The van der Waals surface area contributed by atoms with Gasteiger partial charge in [-0.1, -0.05) is 121 Å². The van der Waals surface area contributed by atoms with Crippen LogP contribution in [0.15, 0.2) is 145 Å². The molecule has 5 nitrogen and oxygen atoms in total. The summed E-state index contributed by atoms with van der Waals surface area (Å²) in [5.41, 5.74) is 7.57. The fourth-order valence-electron chi connectivity index (χ4n) is 5.44. The first-order chi connectivity index (χ1) is 21.2. The molecule has 206 valence electrons. The van der Waals surface area contributed by atoms with Crippen LogP contribution in [-0.2, 0) is 6.61 Å². The average molecular weight is 558 g/mol. The minimum Gasteiger partial charge on any atom is -0.488 e. The van der Waals surface area contributed by atoms with Crippen molar-refractivity contribution >= 4 is 44.6 Å². The lowest BCUT2D eigenvalue weighted by Gasteiger charge is -2.13. The zero-order chi connectivity index (χ0) is 29.0. The molecule has 7 rings (SSSR count). The zero-order valence-corrected chi connectivity index (χ0v) is 23.3. The van der Waals surface area contributed by atoms with Crippen molar-refractivity contribution in [2.24, 2.45) is 5.10 Å². The van der Waals surface area contributed by atoms with Crippen molar-refractivity contribution in [2.75, 3.05) is 0 Å². The van der Waals surface area contributed by atoms with E-state index >= 15 is 0 Å². The first kappa shape index (κ1) is 26.1. The summed E-state index contributed by atoms with van der Waals surface area (Å²) in [6.45, 7) is 0.401. The number of pyridine rings is 1. The number of para-hydroxylation sites is 1. The van der Waals surface area contributed by atoms with Crippen LogP contribution in [0.4, 0.5) is 0 Å². The average Bonchev–Trinajstić information content (AvgIpc) is 3.07. The van der Waals surface area contributed by atoms with Gasteiger partial charge in [0.05, 0.1) is 23.0 Å². The maximum absolute atomic E-state index is 13.5. The Morgan fingerprint density at radius 2 is 1.37 bits per heavy atom. The molecule has 7 aromatic rings. The van der Waals surface area contributed by atoms with Gasteiger partial charge in [0, 0.05) is 16.5 Å². The van der Waals surface area contributed by atoms with E-state index in [-0.39, 0.29) is 5.91 Å². The second-order valence-corrected chi connectivity index (χ2v) is 10.3. The zero-order valence-electron chi connectivity index (χ0n) is 23.3. The van der Waals surface area contributed by atoms with Crippen molar-refractivity contribution < 1.29 is 9.53 Å². The molecule has 6 aromatic carbocycles. The number of amides is 1. The van der Waals surface area contributed by atoms with Crippen LogP contribution < -0.4 is 10.2 Å². The molecule has 1 heterocycles. The third-order valence-electron chi connectivity index (χ3n) is 7.58. The maximum atomic E-state index is 13.5. The summed E-state index contributed by atoms with van der Waals surface area (Å²) >= 11 is 0. The highest BCUT2D eigenvalue weighted by molar-refractivity contribution is 6.08. The molecule has 0 atom stereocenters. The van der Waals surface area contributed by atoms with Gasteiger partial charge >= 0.3 is 0 Å². The number of fused-ring (bicyclic) bond motifs is 3. The Kier molecular flexibility index (Phi) is 7.04. The highest BCUT2D eigenvalue weighted by Gasteiger charge is 2.14. The van der Waals surface area contributed by atoms with E-state index in [0.717, 1.165) is 49.4 Å². The van der Waals surface area contributed by atoms with Crippen molar-refractivity contribution in [1.82, 2.24) is 10.4 Å². The topological polar surface area (TPSA) is 63.6 Å². The number of rotatable bonds is 7. The molecule has 0 aliphatic rings. The Labute approximate surface area is 249 Å². The fraction of sp³-hybridized carbons (Fsp3) is 0.0263. The summed E-state index contributed by atoms with van der Waals surface area (Å²) in [7, 11) is 0. The van der Waals surface area contributed by atoms with Crippen LogP contribution in [-0.4, -0.2) is 17.1 Å². The van der Waals surface area contributed by atoms with Gasteiger partial charge in [-0.25, -0.2) is 10.4 Å². The normalized spacial score (nSPS) is 11.3. The first-order valence-corrected chi connectivity index (χ1v) is 14.1. The van der Waals surface area contributed by atoms with E-state index in [9.17, 15) is 4.79 Å². The Balaban J connectivity index is 1.20. The predicted molar refractivity (Wildman–Crippen MR) is 174 cm³/mol. The Morgan fingerprint density at radius 1 is 0.698 bits per heavy atom. The second-order valence-electron chi connectivity index (χ2n) is 10.3. The Bertz CT molecular complexity index is 2130. The van der Waals surface area contributed by atoms with E-state index in [2.05, 4.69) is 34.8 Å².